The molecule has 0 aliphatic carbocycles. The van der Waals surface area contributed by atoms with Crippen molar-refractivity contribution in [2.75, 3.05) is 23.9 Å². The van der Waals surface area contributed by atoms with Gasteiger partial charge in [0.2, 0.25) is 0 Å². The Morgan fingerprint density at radius 2 is 0.985 bits per heavy atom. The number of hydrogen-bond donors (Lipinski definition) is 4. The van der Waals surface area contributed by atoms with Crippen molar-refractivity contribution >= 4 is 74.9 Å². The number of nitrogens with one attached hydrogen (secondary N) is 2. The SMILES string of the molecule is CCn1cc(-c2cnc(-c3nc4sc(N(C)C5CC(C)(C)NC(C)(C)C5)nc4s3)c(O)c2)cn1.CN(c1nc2sc(-c3ncc(-c4cnn(C)c4)cc3O)nc2s1)C1CC(C)(C)NC(C)(C)C1. The zero-order valence-corrected chi connectivity index (χ0v) is 43.5. The Kier molecular flexibility index (Phi) is 12.2. The monoisotopic (exact) mass is 980 g/mol. The van der Waals surface area contributed by atoms with Crippen molar-refractivity contribution in [2.45, 2.75) is 129 Å². The Balaban J connectivity index is 0.000000168. The second-order valence-corrected chi connectivity index (χ2v) is 24.4. The van der Waals surface area contributed by atoms with Crippen molar-refractivity contribution in [1.82, 2.24) is 60.1 Å². The molecule has 0 atom stereocenters. The third-order valence-corrected chi connectivity index (χ3v) is 16.7. The molecule has 2 fully saturated rings. The Morgan fingerprint density at radius 3 is 1.34 bits per heavy atom. The number of piperidine rings is 2. The molecule has 2 aliphatic rings. The summed E-state index contributed by atoms with van der Waals surface area (Å²) in [5.41, 5.74) is 4.74. The summed E-state index contributed by atoms with van der Waals surface area (Å²) >= 11 is 6.13. The number of thiazole rings is 4. The van der Waals surface area contributed by atoms with Crippen LogP contribution < -0.4 is 20.4 Å². The van der Waals surface area contributed by atoms with Crippen LogP contribution in [0.2, 0.25) is 0 Å². The summed E-state index contributed by atoms with van der Waals surface area (Å²) in [4.78, 5) is 36.4. The largest absolute Gasteiger partial charge is 0.506 e. The van der Waals surface area contributed by atoms with Crippen LogP contribution in [-0.4, -0.2) is 108 Å². The second kappa shape index (κ2) is 17.4. The van der Waals surface area contributed by atoms with Crippen molar-refractivity contribution in [3.63, 3.8) is 0 Å². The smallest absolute Gasteiger partial charge is 0.188 e. The molecule has 0 unspecified atom stereocenters. The first-order valence-corrected chi connectivity index (χ1v) is 25.8. The Bertz CT molecular complexity index is 2970. The molecule has 0 amide bonds. The van der Waals surface area contributed by atoms with Gasteiger partial charge in [0.15, 0.2) is 29.6 Å². The van der Waals surface area contributed by atoms with Crippen LogP contribution in [0, 0.1) is 0 Å². The fourth-order valence-electron chi connectivity index (χ4n) is 9.97. The van der Waals surface area contributed by atoms with Gasteiger partial charge >= 0.3 is 0 Å². The predicted molar refractivity (Wildman–Crippen MR) is 275 cm³/mol. The van der Waals surface area contributed by atoms with Crippen molar-refractivity contribution in [3.05, 3.63) is 49.3 Å². The third-order valence-electron chi connectivity index (χ3n) is 12.4. The van der Waals surface area contributed by atoms with Crippen LogP contribution in [0.5, 0.6) is 11.5 Å². The van der Waals surface area contributed by atoms with Gasteiger partial charge in [0, 0.05) is 109 Å². The van der Waals surface area contributed by atoms with Crippen molar-refractivity contribution in [1.29, 1.82) is 0 Å². The zero-order chi connectivity index (χ0) is 47.8. The summed E-state index contributed by atoms with van der Waals surface area (Å²) < 4.78 is 3.57. The molecule has 10 rings (SSSR count). The molecule has 0 saturated carbocycles. The zero-order valence-electron chi connectivity index (χ0n) is 40.2. The molecule has 8 aromatic heterocycles. The quantitative estimate of drug-likeness (QED) is 0.107. The molecule has 0 aromatic carbocycles. The molecule has 0 bridgehead atoms. The maximum atomic E-state index is 10.7. The standard InChI is InChI=1S/C24H31N7OS2.C23H29N7OS2/c1-7-31-13-15(12-26-31)14-8-17(32)18(25-11-14)19-27-20-21(33-19)28-22(34-20)30(6)16-9-23(2,3)29-24(4,5)10-16;1-22(2)8-15(9-23(3,4)28-22)30(6)21-27-20-19(33-21)26-18(32-20)17-16(31)7-13(10-24-17)14-11-25-29(5)12-14/h8,11-13,16,29,32H,7,9-10H2,1-6H3;7,10-12,15,28,31H,8-9H2,1-6H3. The molecule has 354 valence electrons. The van der Waals surface area contributed by atoms with Crippen LogP contribution in [0.1, 0.15) is 88.0 Å². The van der Waals surface area contributed by atoms with Gasteiger partial charge in [-0.2, -0.15) is 10.2 Å². The first kappa shape index (κ1) is 47.0. The van der Waals surface area contributed by atoms with Gasteiger partial charge in [0.25, 0.3) is 0 Å². The minimum Gasteiger partial charge on any atom is -0.506 e. The molecule has 67 heavy (non-hydrogen) atoms. The fourth-order valence-corrected chi connectivity index (χ4v) is 14.1. The van der Waals surface area contributed by atoms with Crippen molar-refractivity contribution < 1.29 is 10.2 Å². The molecular weight excluding hydrogens is 921 g/mol. The molecule has 2 aliphatic heterocycles. The Labute approximate surface area is 407 Å². The van der Waals surface area contributed by atoms with E-state index in [1.54, 1.807) is 64.3 Å². The fraction of sp³-hybridized carbons (Fsp3) is 0.489. The second-order valence-electron chi connectivity index (χ2n) is 20.6. The van der Waals surface area contributed by atoms with E-state index >= 15 is 0 Å². The van der Waals surface area contributed by atoms with E-state index in [9.17, 15) is 10.2 Å². The average Bonchev–Trinajstić information content (AvgIpc) is 4.09. The Morgan fingerprint density at radius 1 is 0.582 bits per heavy atom. The van der Waals surface area contributed by atoms with E-state index in [1.807, 2.05) is 31.0 Å². The highest BCUT2D eigenvalue weighted by atomic mass is 32.1. The number of hydrogen-bond acceptors (Lipinski definition) is 18. The predicted octanol–water partition coefficient (Wildman–Crippen LogP) is 9.82. The lowest BCUT2D eigenvalue weighted by Gasteiger charge is -2.48. The van der Waals surface area contributed by atoms with E-state index < -0.39 is 0 Å². The number of pyridine rings is 2. The minimum absolute atomic E-state index is 0.0747. The maximum Gasteiger partial charge on any atom is 0.188 e. The summed E-state index contributed by atoms with van der Waals surface area (Å²) in [6.07, 6.45) is 15.1. The van der Waals surface area contributed by atoms with Gasteiger partial charge in [-0.25, -0.2) is 29.9 Å². The highest BCUT2D eigenvalue weighted by Gasteiger charge is 2.41. The van der Waals surface area contributed by atoms with Crippen LogP contribution in [0.15, 0.2) is 49.3 Å². The maximum absolute atomic E-state index is 10.7. The van der Waals surface area contributed by atoms with Crippen LogP contribution >= 0.6 is 45.3 Å². The summed E-state index contributed by atoms with van der Waals surface area (Å²) in [6, 6.07) is 4.24. The number of anilines is 2. The van der Waals surface area contributed by atoms with E-state index in [0.29, 0.717) is 33.5 Å². The molecule has 20 heteroatoms. The number of nitrogens with zero attached hydrogens (tertiary/aromatic N) is 12. The average molecular weight is 981 g/mol. The third kappa shape index (κ3) is 10.1. The summed E-state index contributed by atoms with van der Waals surface area (Å²) in [5, 5.41) is 40.6. The van der Waals surface area contributed by atoms with Gasteiger partial charge in [0.1, 0.15) is 32.9 Å². The van der Waals surface area contributed by atoms with Crippen molar-refractivity contribution in [3.8, 4) is 55.2 Å². The van der Waals surface area contributed by atoms with Gasteiger partial charge in [-0.1, -0.05) is 45.3 Å². The highest BCUT2D eigenvalue weighted by Crippen LogP contribution is 2.43. The number of aromatic nitrogens is 10. The van der Waals surface area contributed by atoms with E-state index in [4.69, 9.17) is 19.9 Å². The van der Waals surface area contributed by atoms with Crippen LogP contribution in [0.4, 0.5) is 10.3 Å². The summed E-state index contributed by atoms with van der Waals surface area (Å²) in [7, 11) is 6.13. The van der Waals surface area contributed by atoms with Crippen LogP contribution in [0.3, 0.4) is 0 Å². The number of fused-ring (bicyclic) bond motifs is 2. The van der Waals surface area contributed by atoms with E-state index in [1.165, 1.54) is 22.7 Å². The number of aryl methyl sites for hydroxylation is 2. The lowest BCUT2D eigenvalue weighted by atomic mass is 9.79. The summed E-state index contributed by atoms with van der Waals surface area (Å²) in [5.74, 6) is 0.217. The molecule has 16 nitrogen and oxygen atoms in total. The minimum atomic E-state index is 0.0747. The van der Waals surface area contributed by atoms with Gasteiger partial charge in [-0.15, -0.1) is 0 Å². The molecule has 0 spiro atoms. The number of rotatable bonds is 9. The molecule has 8 aromatic rings. The van der Waals surface area contributed by atoms with E-state index in [2.05, 4.69) is 110 Å². The lowest BCUT2D eigenvalue weighted by Crippen LogP contribution is -2.61. The highest BCUT2D eigenvalue weighted by molar-refractivity contribution is 7.30. The normalized spacial score (nSPS) is 18.0. The van der Waals surface area contributed by atoms with Crippen molar-refractivity contribution in [2.24, 2.45) is 7.05 Å². The summed E-state index contributed by atoms with van der Waals surface area (Å²) in [6.45, 7) is 21.0. The Hall–Kier alpha value is -5.12. The molecule has 10 heterocycles. The topological polar surface area (TPSA) is 184 Å². The lowest BCUT2D eigenvalue weighted by molar-refractivity contribution is 0.160. The first-order chi connectivity index (χ1) is 31.5. The molecular formula is C47H60N14O2S4. The molecule has 2 saturated heterocycles. The van der Waals surface area contributed by atoms with Crippen LogP contribution in [0.25, 0.3) is 63.0 Å². The first-order valence-electron chi connectivity index (χ1n) is 22.5. The van der Waals surface area contributed by atoms with Gasteiger partial charge < -0.3 is 30.6 Å². The number of aromatic hydroxyl groups is 2. The van der Waals surface area contributed by atoms with E-state index in [-0.39, 0.29) is 33.7 Å². The van der Waals surface area contributed by atoms with Gasteiger partial charge in [-0.3, -0.25) is 9.36 Å². The van der Waals surface area contributed by atoms with Gasteiger partial charge in [0.05, 0.1) is 12.4 Å². The van der Waals surface area contributed by atoms with E-state index in [0.717, 1.165) is 84.1 Å². The van der Waals surface area contributed by atoms with Gasteiger partial charge in [-0.05, 0) is 100 Å². The molecule has 4 N–H and O–H groups in total. The van der Waals surface area contributed by atoms with Crippen LogP contribution in [-0.2, 0) is 13.6 Å². The molecule has 0 radical (unpaired) electrons.